The largest absolute Gasteiger partial charge is 0.480 e. The topological polar surface area (TPSA) is 111 Å². The van der Waals surface area contributed by atoms with Gasteiger partial charge in [-0.3, -0.25) is 9.59 Å². The van der Waals surface area contributed by atoms with Crippen LogP contribution in [-0.4, -0.2) is 40.1 Å². The highest BCUT2D eigenvalue weighted by Crippen LogP contribution is 2.33. The molecule has 10 heteroatoms. The van der Waals surface area contributed by atoms with Crippen LogP contribution in [0.4, 0.5) is 4.39 Å². The Morgan fingerprint density at radius 3 is 2.42 bits per heavy atom. The molecule has 2 heterocycles. The van der Waals surface area contributed by atoms with Crippen LogP contribution in [-0.2, 0) is 27.7 Å². The summed E-state index contributed by atoms with van der Waals surface area (Å²) in [5, 5.41) is 14.2. The Balaban J connectivity index is 1.81. The molecule has 2 aromatic carbocycles. The number of carbonyl (C=O) groups is 1. The molecule has 2 aromatic heterocycles. The number of rotatable bonds is 6. The lowest BCUT2D eigenvalue weighted by Crippen LogP contribution is -2.23. The first-order valence-corrected chi connectivity index (χ1v) is 11.8. The van der Waals surface area contributed by atoms with Gasteiger partial charge in [-0.1, -0.05) is 12.1 Å². The third-order valence-electron chi connectivity index (χ3n) is 5.39. The Morgan fingerprint density at radius 1 is 1.09 bits per heavy atom. The summed E-state index contributed by atoms with van der Waals surface area (Å²) in [6.07, 6.45) is 1.11. The van der Waals surface area contributed by atoms with Crippen molar-refractivity contribution in [3.05, 3.63) is 82.0 Å². The Bertz CT molecular complexity index is 1550. The third kappa shape index (κ3) is 4.42. The molecule has 170 valence electrons. The molecule has 0 aliphatic heterocycles. The number of hydrogen-bond donors (Lipinski definition) is 1. The molecular formula is C23H20FN3O5S. The van der Waals surface area contributed by atoms with E-state index in [1.54, 1.807) is 23.6 Å². The lowest BCUT2D eigenvalue weighted by molar-refractivity contribution is -0.137. The van der Waals surface area contributed by atoms with Crippen molar-refractivity contribution in [1.29, 1.82) is 0 Å². The van der Waals surface area contributed by atoms with Gasteiger partial charge in [-0.2, -0.15) is 5.10 Å². The van der Waals surface area contributed by atoms with E-state index in [0.717, 1.165) is 6.26 Å². The van der Waals surface area contributed by atoms with Gasteiger partial charge in [0.1, 0.15) is 12.4 Å². The maximum absolute atomic E-state index is 14.0. The van der Waals surface area contributed by atoms with Crippen molar-refractivity contribution >= 4 is 26.7 Å². The summed E-state index contributed by atoms with van der Waals surface area (Å²) in [5.41, 5.74) is 2.34. The first-order chi connectivity index (χ1) is 15.5. The van der Waals surface area contributed by atoms with Crippen LogP contribution in [0.25, 0.3) is 22.2 Å². The summed E-state index contributed by atoms with van der Waals surface area (Å²) in [6, 6.07) is 13.1. The molecule has 0 aliphatic rings. The molecule has 0 amide bonds. The second kappa shape index (κ2) is 8.28. The van der Waals surface area contributed by atoms with E-state index in [4.69, 9.17) is 0 Å². The first-order valence-electron chi connectivity index (χ1n) is 9.92. The zero-order valence-corrected chi connectivity index (χ0v) is 18.6. The van der Waals surface area contributed by atoms with Crippen molar-refractivity contribution < 1.29 is 22.7 Å². The molecule has 0 radical (unpaired) electrons. The summed E-state index contributed by atoms with van der Waals surface area (Å²) in [7, 11) is -3.34. The van der Waals surface area contributed by atoms with Gasteiger partial charge in [0, 0.05) is 34.5 Å². The van der Waals surface area contributed by atoms with Crippen LogP contribution >= 0.6 is 0 Å². The predicted molar refractivity (Wildman–Crippen MR) is 120 cm³/mol. The van der Waals surface area contributed by atoms with Gasteiger partial charge >= 0.3 is 5.97 Å². The van der Waals surface area contributed by atoms with Gasteiger partial charge in [0.05, 0.1) is 17.1 Å². The number of carboxylic acid groups (broad SMARTS) is 1. The molecule has 0 bridgehead atoms. The molecule has 4 rings (SSSR count). The molecule has 0 unspecified atom stereocenters. The van der Waals surface area contributed by atoms with Crippen LogP contribution in [0.2, 0.25) is 0 Å². The molecule has 0 fully saturated rings. The third-order valence-corrected chi connectivity index (χ3v) is 6.51. The second-order valence-corrected chi connectivity index (χ2v) is 9.75. The molecule has 0 spiro atoms. The van der Waals surface area contributed by atoms with E-state index < -0.39 is 21.6 Å². The van der Waals surface area contributed by atoms with Crippen LogP contribution < -0.4 is 5.56 Å². The minimum Gasteiger partial charge on any atom is -0.480 e. The van der Waals surface area contributed by atoms with Crippen LogP contribution in [0.1, 0.15) is 11.3 Å². The molecule has 0 saturated carbocycles. The maximum Gasteiger partial charge on any atom is 0.323 e. The Hall–Kier alpha value is -3.79. The lowest BCUT2D eigenvalue weighted by atomic mass is 10.1. The van der Waals surface area contributed by atoms with Crippen molar-refractivity contribution in [2.24, 2.45) is 0 Å². The van der Waals surface area contributed by atoms with Gasteiger partial charge in [0.15, 0.2) is 9.84 Å². The average Bonchev–Trinajstić information content (AvgIpc) is 3.00. The molecule has 1 N–H and O–H groups in total. The standard InChI is InChI=1S/C23H20FN3O5S/c1-14-23(18-11-16(24)5-9-20(18)26(14)13-22(29)30)19-8-10-21(28)27(25-19)12-15-3-6-17(7-4-15)33(2,31)32/h3-11H,12-13H2,1-2H3,(H,29,30). The predicted octanol–water partition coefficient (Wildman–Crippen LogP) is 2.85. The fourth-order valence-electron chi connectivity index (χ4n) is 3.83. The van der Waals surface area contributed by atoms with E-state index in [-0.39, 0.29) is 23.5 Å². The number of fused-ring (bicyclic) bond motifs is 1. The van der Waals surface area contributed by atoms with Gasteiger partial charge < -0.3 is 9.67 Å². The summed E-state index contributed by atoms with van der Waals surface area (Å²) in [5.74, 6) is -1.52. The molecule has 8 nitrogen and oxygen atoms in total. The molecule has 0 atom stereocenters. The van der Waals surface area contributed by atoms with E-state index in [9.17, 15) is 27.5 Å². The fraction of sp³-hybridized carbons (Fsp3) is 0.174. The van der Waals surface area contributed by atoms with Crippen LogP contribution in [0, 0.1) is 12.7 Å². The first kappa shape index (κ1) is 22.4. The zero-order valence-electron chi connectivity index (χ0n) is 17.8. The minimum absolute atomic E-state index is 0.0951. The summed E-state index contributed by atoms with van der Waals surface area (Å²) in [6.45, 7) is 1.51. The SMILES string of the molecule is Cc1c(-c2ccc(=O)n(Cc3ccc(S(C)(=O)=O)cc3)n2)c2cc(F)ccc2n1CC(=O)O. The van der Waals surface area contributed by atoms with Gasteiger partial charge in [-0.05, 0) is 48.9 Å². The fourth-order valence-corrected chi connectivity index (χ4v) is 4.46. The van der Waals surface area contributed by atoms with Crippen LogP contribution in [0.15, 0.2) is 64.3 Å². The highest BCUT2D eigenvalue weighted by molar-refractivity contribution is 7.90. The van der Waals surface area contributed by atoms with Crippen LogP contribution in [0.5, 0.6) is 0 Å². The summed E-state index contributed by atoms with van der Waals surface area (Å²) >= 11 is 0. The van der Waals surface area contributed by atoms with Crippen molar-refractivity contribution in [2.45, 2.75) is 24.9 Å². The van der Waals surface area contributed by atoms with Crippen molar-refractivity contribution in [3.63, 3.8) is 0 Å². The molecule has 0 saturated heterocycles. The molecular weight excluding hydrogens is 449 g/mol. The number of aliphatic carboxylic acids is 1. The second-order valence-electron chi connectivity index (χ2n) is 7.73. The van der Waals surface area contributed by atoms with Gasteiger partial charge in [-0.15, -0.1) is 0 Å². The van der Waals surface area contributed by atoms with Gasteiger partial charge in [0.2, 0.25) is 0 Å². The number of benzene rings is 2. The van der Waals surface area contributed by atoms with Crippen molar-refractivity contribution in [2.75, 3.05) is 6.26 Å². The maximum atomic E-state index is 14.0. The van der Waals surface area contributed by atoms with E-state index in [1.807, 2.05) is 0 Å². The Labute approximate surface area is 188 Å². The highest BCUT2D eigenvalue weighted by Gasteiger charge is 2.19. The zero-order chi connectivity index (χ0) is 23.9. The Kier molecular flexibility index (Phi) is 5.62. The van der Waals surface area contributed by atoms with Gasteiger partial charge in [0.25, 0.3) is 5.56 Å². The van der Waals surface area contributed by atoms with E-state index in [2.05, 4.69) is 5.10 Å². The number of carboxylic acids is 1. The monoisotopic (exact) mass is 469 g/mol. The van der Waals surface area contributed by atoms with E-state index in [0.29, 0.717) is 33.4 Å². The average molecular weight is 469 g/mol. The smallest absolute Gasteiger partial charge is 0.323 e. The Morgan fingerprint density at radius 2 is 1.79 bits per heavy atom. The number of sulfone groups is 1. The van der Waals surface area contributed by atoms with Crippen molar-refractivity contribution in [1.82, 2.24) is 14.3 Å². The number of halogens is 1. The normalized spacial score (nSPS) is 11.7. The van der Waals surface area contributed by atoms with Crippen molar-refractivity contribution in [3.8, 4) is 11.3 Å². The molecule has 0 aliphatic carbocycles. The number of nitrogens with zero attached hydrogens (tertiary/aromatic N) is 3. The van der Waals surface area contributed by atoms with Gasteiger partial charge in [-0.25, -0.2) is 17.5 Å². The quantitative estimate of drug-likeness (QED) is 0.465. The minimum atomic E-state index is -3.34. The molecule has 33 heavy (non-hydrogen) atoms. The number of aromatic nitrogens is 3. The lowest BCUT2D eigenvalue weighted by Gasteiger charge is -2.09. The van der Waals surface area contributed by atoms with E-state index >= 15 is 0 Å². The summed E-state index contributed by atoms with van der Waals surface area (Å²) < 4.78 is 40.1. The highest BCUT2D eigenvalue weighted by atomic mass is 32.2. The summed E-state index contributed by atoms with van der Waals surface area (Å²) in [4.78, 5) is 24.0. The van der Waals surface area contributed by atoms with Crippen LogP contribution in [0.3, 0.4) is 0 Å². The van der Waals surface area contributed by atoms with E-state index in [1.165, 1.54) is 47.1 Å². The molecule has 4 aromatic rings. The number of hydrogen-bond acceptors (Lipinski definition) is 5.